The molecule has 2 aliphatic rings. The predicted octanol–water partition coefficient (Wildman–Crippen LogP) is 4.86. The largest absolute Gasteiger partial charge is 0.493 e. The summed E-state index contributed by atoms with van der Waals surface area (Å²) in [6.45, 7) is 11.6. The van der Waals surface area contributed by atoms with E-state index in [9.17, 15) is 4.79 Å². The first-order valence-electron chi connectivity index (χ1n) is 11.5. The van der Waals surface area contributed by atoms with Crippen LogP contribution in [0.25, 0.3) is 11.1 Å². The van der Waals surface area contributed by atoms with Crippen molar-refractivity contribution in [2.75, 3.05) is 24.6 Å². The van der Waals surface area contributed by atoms with E-state index in [1.165, 1.54) is 12.8 Å². The van der Waals surface area contributed by atoms with Crippen LogP contribution in [0.3, 0.4) is 0 Å². The van der Waals surface area contributed by atoms with Gasteiger partial charge >= 0.3 is 6.09 Å². The number of carbonyl (C=O) groups excluding carboxylic acids is 1. The average Bonchev–Trinajstić information content (AvgIpc) is 3.41. The van der Waals surface area contributed by atoms with E-state index in [-0.39, 0.29) is 11.6 Å². The van der Waals surface area contributed by atoms with Crippen LogP contribution in [0.1, 0.15) is 60.3 Å². The lowest BCUT2D eigenvalue weighted by Crippen LogP contribution is -2.47. The Bertz CT molecular complexity index is 937. The molecule has 1 amide bonds. The molecule has 0 atom stereocenters. The van der Waals surface area contributed by atoms with Crippen molar-refractivity contribution in [2.45, 2.75) is 77.7 Å². The molecule has 1 saturated heterocycles. The summed E-state index contributed by atoms with van der Waals surface area (Å²) in [5.74, 6) is 0.538. The van der Waals surface area contributed by atoms with Gasteiger partial charge < -0.3 is 28.8 Å². The maximum Gasteiger partial charge on any atom is 0.410 e. The minimum atomic E-state index is -1.00. The number of nitrogens with zero attached hydrogens (tertiary/aromatic N) is 2. The van der Waals surface area contributed by atoms with Crippen molar-refractivity contribution in [3.8, 4) is 5.75 Å². The summed E-state index contributed by atoms with van der Waals surface area (Å²) in [7, 11) is 0. The fourth-order valence-corrected chi connectivity index (χ4v) is 3.76. The SMILES string of the molecule is CC(C)(C)NC(=O)OC(C)(C)OC1CCN(c2nc3ccc(OCC4CC4)cc3o2)CC1. The van der Waals surface area contributed by atoms with Crippen molar-refractivity contribution < 1.29 is 23.4 Å². The third kappa shape index (κ3) is 6.28. The second-order valence-corrected chi connectivity index (χ2v) is 10.3. The maximum atomic E-state index is 12.1. The molecular formula is C24H35N3O5. The van der Waals surface area contributed by atoms with Gasteiger partial charge in [-0.15, -0.1) is 0 Å². The van der Waals surface area contributed by atoms with Gasteiger partial charge in [-0.25, -0.2) is 4.79 Å². The molecule has 1 aliphatic carbocycles. The fourth-order valence-electron chi connectivity index (χ4n) is 3.76. The third-order valence-corrected chi connectivity index (χ3v) is 5.51. The van der Waals surface area contributed by atoms with Gasteiger partial charge in [-0.3, -0.25) is 0 Å². The molecule has 1 N–H and O–H groups in total. The summed E-state index contributed by atoms with van der Waals surface area (Å²) in [4.78, 5) is 18.9. The van der Waals surface area contributed by atoms with Crippen LogP contribution in [-0.4, -0.2) is 48.2 Å². The number of fused-ring (bicyclic) bond motifs is 1. The minimum absolute atomic E-state index is 0.00417. The molecule has 0 bridgehead atoms. The molecule has 2 aromatic rings. The normalized spacial score (nSPS) is 18.1. The van der Waals surface area contributed by atoms with Crippen molar-refractivity contribution in [2.24, 2.45) is 5.92 Å². The zero-order valence-electron chi connectivity index (χ0n) is 19.8. The first kappa shape index (κ1) is 22.7. The molecule has 8 nitrogen and oxygen atoms in total. The fraction of sp³-hybridized carbons (Fsp3) is 0.667. The number of hydrogen-bond donors (Lipinski definition) is 1. The van der Waals surface area contributed by atoms with Crippen LogP contribution >= 0.6 is 0 Å². The number of hydrogen-bond acceptors (Lipinski definition) is 7. The van der Waals surface area contributed by atoms with Crippen LogP contribution in [0.15, 0.2) is 22.6 Å². The van der Waals surface area contributed by atoms with E-state index in [1.54, 1.807) is 13.8 Å². The Morgan fingerprint density at radius 1 is 1.16 bits per heavy atom. The first-order chi connectivity index (χ1) is 15.1. The first-order valence-corrected chi connectivity index (χ1v) is 11.5. The molecule has 0 radical (unpaired) electrons. The summed E-state index contributed by atoms with van der Waals surface area (Å²) in [6.07, 6.45) is 3.64. The topological polar surface area (TPSA) is 86.1 Å². The highest BCUT2D eigenvalue weighted by Gasteiger charge is 2.32. The number of aromatic nitrogens is 1. The maximum absolute atomic E-state index is 12.1. The van der Waals surface area contributed by atoms with E-state index in [0.717, 1.165) is 49.4 Å². The summed E-state index contributed by atoms with van der Waals surface area (Å²) in [5, 5.41) is 2.80. The summed E-state index contributed by atoms with van der Waals surface area (Å²) >= 11 is 0. The quantitative estimate of drug-likeness (QED) is 0.609. The predicted molar refractivity (Wildman–Crippen MR) is 122 cm³/mol. The molecule has 0 unspecified atom stereocenters. The van der Waals surface area contributed by atoms with E-state index >= 15 is 0 Å². The van der Waals surface area contributed by atoms with Gasteiger partial charge in [-0.1, -0.05) is 0 Å². The molecule has 2 heterocycles. The average molecular weight is 446 g/mol. The van der Waals surface area contributed by atoms with Crippen molar-refractivity contribution in [3.63, 3.8) is 0 Å². The summed E-state index contributed by atoms with van der Waals surface area (Å²) in [5.41, 5.74) is 1.21. The molecule has 176 valence electrons. The van der Waals surface area contributed by atoms with Crippen LogP contribution in [0, 0.1) is 5.92 Å². The minimum Gasteiger partial charge on any atom is -0.493 e. The lowest BCUT2D eigenvalue weighted by atomic mass is 10.1. The lowest BCUT2D eigenvalue weighted by Gasteiger charge is -2.36. The molecule has 1 saturated carbocycles. The number of amides is 1. The molecule has 8 heteroatoms. The van der Waals surface area contributed by atoms with Gasteiger partial charge in [0.2, 0.25) is 5.79 Å². The Labute approximate surface area is 189 Å². The smallest absolute Gasteiger partial charge is 0.410 e. The van der Waals surface area contributed by atoms with E-state index in [2.05, 4.69) is 15.2 Å². The molecule has 0 spiro atoms. The number of anilines is 1. The number of piperidine rings is 1. The number of ether oxygens (including phenoxy) is 3. The number of alkyl carbamates (subject to hydrolysis) is 1. The number of nitrogens with one attached hydrogen (secondary N) is 1. The van der Waals surface area contributed by atoms with Crippen molar-refractivity contribution >= 4 is 23.2 Å². The van der Waals surface area contributed by atoms with E-state index < -0.39 is 11.9 Å². The third-order valence-electron chi connectivity index (χ3n) is 5.51. The number of rotatable bonds is 7. The summed E-state index contributed by atoms with van der Waals surface area (Å²) in [6, 6.07) is 6.45. The van der Waals surface area contributed by atoms with Gasteiger partial charge in [0.25, 0.3) is 6.01 Å². The van der Waals surface area contributed by atoms with Gasteiger partial charge in [0.15, 0.2) is 5.58 Å². The Hall–Kier alpha value is -2.48. The summed E-state index contributed by atoms with van der Waals surface area (Å²) < 4.78 is 23.5. The van der Waals surface area contributed by atoms with Gasteiger partial charge in [0, 0.05) is 38.5 Å². The van der Waals surface area contributed by atoms with Gasteiger partial charge in [-0.05, 0) is 64.5 Å². The second-order valence-electron chi connectivity index (χ2n) is 10.3. The van der Waals surface area contributed by atoms with Crippen LogP contribution in [-0.2, 0) is 9.47 Å². The Balaban J connectivity index is 1.29. The molecular weight excluding hydrogens is 410 g/mol. The molecule has 1 aromatic carbocycles. The highest BCUT2D eigenvalue weighted by Crippen LogP contribution is 2.32. The van der Waals surface area contributed by atoms with Crippen LogP contribution in [0.2, 0.25) is 0 Å². The van der Waals surface area contributed by atoms with Gasteiger partial charge in [0.05, 0.1) is 12.7 Å². The standard InChI is InChI=1S/C24H35N3O5/c1-23(2,3)26-22(28)32-24(4,5)31-17-10-12-27(13-11-17)21-25-19-9-8-18(14-20(19)30-21)29-15-16-6-7-16/h8-9,14,16-17H,6-7,10-13,15H2,1-5H3,(H,26,28). The zero-order chi connectivity index (χ0) is 22.9. The van der Waals surface area contributed by atoms with E-state index in [4.69, 9.17) is 18.6 Å². The van der Waals surface area contributed by atoms with Crippen LogP contribution in [0.5, 0.6) is 5.75 Å². The monoisotopic (exact) mass is 445 g/mol. The Kier molecular flexibility index (Phi) is 6.25. The molecule has 32 heavy (non-hydrogen) atoms. The Morgan fingerprint density at radius 3 is 2.53 bits per heavy atom. The highest BCUT2D eigenvalue weighted by molar-refractivity contribution is 5.76. The van der Waals surface area contributed by atoms with E-state index in [1.807, 2.05) is 39.0 Å². The number of carbonyl (C=O) groups is 1. The van der Waals surface area contributed by atoms with Crippen LogP contribution < -0.4 is 15.0 Å². The zero-order valence-corrected chi connectivity index (χ0v) is 19.8. The van der Waals surface area contributed by atoms with Crippen molar-refractivity contribution in [1.82, 2.24) is 10.3 Å². The van der Waals surface area contributed by atoms with Crippen molar-refractivity contribution in [3.05, 3.63) is 18.2 Å². The number of benzene rings is 1. The molecule has 4 rings (SSSR count). The second kappa shape index (κ2) is 8.81. The number of oxazole rings is 1. The lowest BCUT2D eigenvalue weighted by molar-refractivity contribution is -0.208. The van der Waals surface area contributed by atoms with E-state index in [0.29, 0.717) is 11.9 Å². The highest BCUT2D eigenvalue weighted by atomic mass is 16.7. The Morgan fingerprint density at radius 2 is 1.88 bits per heavy atom. The molecule has 1 aromatic heterocycles. The molecule has 2 fully saturated rings. The van der Waals surface area contributed by atoms with Crippen LogP contribution in [0.4, 0.5) is 10.8 Å². The van der Waals surface area contributed by atoms with Gasteiger partial charge in [0.1, 0.15) is 11.3 Å². The van der Waals surface area contributed by atoms with Gasteiger partial charge in [-0.2, -0.15) is 4.98 Å². The van der Waals surface area contributed by atoms with Crippen molar-refractivity contribution in [1.29, 1.82) is 0 Å². The molecule has 1 aliphatic heterocycles.